The molecule has 0 aliphatic rings. The van der Waals surface area contributed by atoms with Gasteiger partial charge in [-0.1, -0.05) is 375 Å². The summed E-state index contributed by atoms with van der Waals surface area (Å²) in [6.07, 6.45) is 99.8. The van der Waals surface area contributed by atoms with Gasteiger partial charge in [0.15, 0.2) is 6.10 Å². The zero-order chi connectivity index (χ0) is 66.9. The zero-order valence-electron chi connectivity index (χ0n) is 61.2. The van der Waals surface area contributed by atoms with Crippen LogP contribution in [0.25, 0.3) is 0 Å². The Bertz CT molecular complexity index is 1830. The molecule has 0 aromatic heterocycles. The van der Waals surface area contributed by atoms with E-state index in [2.05, 4.69) is 98.9 Å². The highest BCUT2D eigenvalue weighted by atomic mass is 31.2. The number of carbonyl (C=O) groups is 2. The highest BCUT2D eigenvalue weighted by molar-refractivity contribution is 7.45. The van der Waals surface area contributed by atoms with Crippen LogP contribution in [0, 0.1) is 0 Å². The number of phosphoric ester groups is 1. The fraction of sp³-hybridized carbons (Fsp3) is 0.805. The van der Waals surface area contributed by atoms with E-state index in [0.29, 0.717) is 17.4 Å². The number of carbonyl (C=O) groups excluding carboxylic acids is 2. The molecule has 2 unspecified atom stereocenters. The Kier molecular flexibility index (Phi) is 70.2. The molecule has 536 valence electrons. The van der Waals surface area contributed by atoms with Crippen LogP contribution >= 0.6 is 7.82 Å². The Morgan fingerprint density at radius 3 is 0.924 bits per heavy atom. The van der Waals surface area contributed by atoms with Crippen LogP contribution in [-0.4, -0.2) is 70.0 Å². The van der Waals surface area contributed by atoms with Gasteiger partial charge in [0.25, 0.3) is 7.82 Å². The largest absolute Gasteiger partial charge is 0.756 e. The summed E-state index contributed by atoms with van der Waals surface area (Å²) < 4.78 is 34.4. The topological polar surface area (TPSA) is 111 Å². The van der Waals surface area contributed by atoms with Gasteiger partial charge in [-0.05, 0) is 70.6 Å². The number of esters is 2. The van der Waals surface area contributed by atoms with E-state index in [1.807, 2.05) is 21.1 Å². The smallest absolute Gasteiger partial charge is 0.306 e. The molecule has 0 bridgehead atoms. The Morgan fingerprint density at radius 2 is 0.620 bits per heavy atom. The lowest BCUT2D eigenvalue weighted by molar-refractivity contribution is -0.870. The molecule has 0 amide bonds. The van der Waals surface area contributed by atoms with Crippen LogP contribution in [0.15, 0.2) is 85.1 Å². The Balaban J connectivity index is 3.94. The Morgan fingerprint density at radius 1 is 0.348 bits per heavy atom. The van der Waals surface area contributed by atoms with E-state index in [-0.39, 0.29) is 32.0 Å². The summed E-state index contributed by atoms with van der Waals surface area (Å²) in [5.74, 6) is -0.813. The summed E-state index contributed by atoms with van der Waals surface area (Å²) in [4.78, 5) is 38.2. The van der Waals surface area contributed by atoms with Crippen molar-refractivity contribution in [2.45, 2.75) is 380 Å². The summed E-state index contributed by atoms with van der Waals surface area (Å²) in [6.45, 7) is 4.19. The molecule has 0 fully saturated rings. The molecule has 0 spiro atoms. The van der Waals surface area contributed by atoms with Crippen molar-refractivity contribution in [3.63, 3.8) is 0 Å². The van der Waals surface area contributed by atoms with Crippen molar-refractivity contribution in [3.05, 3.63) is 85.1 Å². The average Bonchev–Trinajstić information content (AvgIpc) is 2.23. The molecule has 0 aromatic rings. The van der Waals surface area contributed by atoms with Crippen LogP contribution in [0.3, 0.4) is 0 Å². The maximum absolute atomic E-state index is 12.9. The number of allylic oxidation sites excluding steroid dienone is 14. The third kappa shape index (κ3) is 76.2. The molecule has 0 aliphatic heterocycles. The van der Waals surface area contributed by atoms with E-state index >= 15 is 0 Å². The first-order valence-electron chi connectivity index (χ1n) is 39.3. The first-order chi connectivity index (χ1) is 45.0. The number of hydrogen-bond acceptors (Lipinski definition) is 8. The summed E-state index contributed by atoms with van der Waals surface area (Å²) in [7, 11) is 1.18. The van der Waals surface area contributed by atoms with Crippen molar-refractivity contribution in [1.82, 2.24) is 0 Å². The predicted molar refractivity (Wildman–Crippen MR) is 397 cm³/mol. The number of phosphoric acid groups is 1. The standard InChI is InChI=1S/C82H150NO8P/c1-6-8-10-12-14-16-18-20-22-24-26-28-30-32-34-35-36-37-38-39-40-41-42-43-44-45-46-47-49-51-53-55-57-59-61-63-65-67-69-71-73-75-82(85)91-80(79-90-92(86,87)89-77-76-83(3,4)5)78-88-81(84)74-72-70-68-66-64-62-60-58-56-54-52-50-48-33-31-29-27-25-23-21-19-17-15-13-11-9-7-2/h8,10,14,16,20,22,26,28,32,34,36-37,39-40,80H,6-7,9,11-13,15,17-19,21,23-25,27,29-31,33,35,38,41-79H2,1-5H3/b10-8-,16-14-,22-20-,28-26-,34-32-,37-36-,40-39-. The fourth-order valence-electron chi connectivity index (χ4n) is 11.5. The molecule has 92 heavy (non-hydrogen) atoms. The van der Waals surface area contributed by atoms with Gasteiger partial charge in [-0.15, -0.1) is 0 Å². The number of nitrogens with zero attached hydrogens (tertiary/aromatic N) is 1. The average molecular weight is 1310 g/mol. The minimum Gasteiger partial charge on any atom is -0.756 e. The second-order valence-corrected chi connectivity index (χ2v) is 29.1. The number of likely N-dealkylation sites (N-methyl/N-ethyl adjacent to an activating group) is 1. The molecule has 0 rings (SSSR count). The van der Waals surface area contributed by atoms with Gasteiger partial charge < -0.3 is 27.9 Å². The molecule has 0 saturated carbocycles. The quantitative estimate of drug-likeness (QED) is 0.0195. The number of hydrogen-bond donors (Lipinski definition) is 0. The van der Waals surface area contributed by atoms with E-state index in [0.717, 1.165) is 83.5 Å². The Labute approximate surface area is 571 Å². The fourth-order valence-corrected chi connectivity index (χ4v) is 12.2. The molecule has 10 heteroatoms. The number of quaternary nitrogens is 1. The van der Waals surface area contributed by atoms with Crippen molar-refractivity contribution in [2.24, 2.45) is 0 Å². The van der Waals surface area contributed by atoms with Gasteiger partial charge in [0.1, 0.15) is 19.8 Å². The van der Waals surface area contributed by atoms with E-state index in [1.165, 1.54) is 257 Å². The third-order valence-electron chi connectivity index (χ3n) is 17.4. The van der Waals surface area contributed by atoms with Gasteiger partial charge in [0.05, 0.1) is 27.7 Å². The van der Waals surface area contributed by atoms with Crippen LogP contribution in [0.1, 0.15) is 373 Å². The first-order valence-corrected chi connectivity index (χ1v) is 40.8. The highest BCUT2D eigenvalue weighted by Gasteiger charge is 2.22. The van der Waals surface area contributed by atoms with Crippen molar-refractivity contribution in [3.8, 4) is 0 Å². The van der Waals surface area contributed by atoms with E-state index in [4.69, 9.17) is 18.5 Å². The summed E-state index contributed by atoms with van der Waals surface area (Å²) >= 11 is 0. The SMILES string of the molecule is CC/C=C\C/C=C\C/C=C\C/C=C\C/C=C\C/C=C\C/C=C\CCCCCCCCCCCCCCCCCCCCCC(=O)OC(COC(=O)CCCCCCCCCCCCCCCCCCCCCCCCCCCCC)COP(=O)([O-])OCC[N+](C)(C)C. The molecular weight excluding hydrogens is 1160 g/mol. The lowest BCUT2D eigenvalue weighted by Gasteiger charge is -2.28. The normalized spacial score (nSPS) is 13.5. The van der Waals surface area contributed by atoms with Crippen LogP contribution in [0.2, 0.25) is 0 Å². The van der Waals surface area contributed by atoms with Crippen LogP contribution in [0.5, 0.6) is 0 Å². The monoisotopic (exact) mass is 1310 g/mol. The first kappa shape index (κ1) is 89.2. The zero-order valence-corrected chi connectivity index (χ0v) is 62.1. The number of rotatable bonds is 73. The summed E-state index contributed by atoms with van der Waals surface area (Å²) in [5.41, 5.74) is 0. The predicted octanol–water partition coefficient (Wildman–Crippen LogP) is 25.4. The molecule has 0 heterocycles. The highest BCUT2D eigenvalue weighted by Crippen LogP contribution is 2.38. The van der Waals surface area contributed by atoms with Crippen LogP contribution in [-0.2, 0) is 32.7 Å². The van der Waals surface area contributed by atoms with Gasteiger partial charge in [-0.25, -0.2) is 0 Å². The van der Waals surface area contributed by atoms with Gasteiger partial charge in [-0.3, -0.25) is 14.2 Å². The van der Waals surface area contributed by atoms with E-state index in [9.17, 15) is 19.0 Å². The third-order valence-corrected chi connectivity index (χ3v) is 18.4. The summed E-state index contributed by atoms with van der Waals surface area (Å²) in [5, 5.41) is 0. The second-order valence-electron chi connectivity index (χ2n) is 27.7. The molecule has 0 saturated heterocycles. The van der Waals surface area contributed by atoms with E-state index < -0.39 is 26.5 Å². The number of ether oxygens (including phenoxy) is 2. The molecule has 2 atom stereocenters. The summed E-state index contributed by atoms with van der Waals surface area (Å²) in [6, 6.07) is 0. The van der Waals surface area contributed by atoms with Gasteiger partial charge in [0.2, 0.25) is 0 Å². The molecule has 0 aliphatic carbocycles. The molecule has 0 radical (unpaired) electrons. The molecule has 0 N–H and O–H groups in total. The lowest BCUT2D eigenvalue weighted by Crippen LogP contribution is -2.37. The second kappa shape index (κ2) is 72.5. The van der Waals surface area contributed by atoms with Crippen LogP contribution < -0.4 is 4.89 Å². The van der Waals surface area contributed by atoms with Crippen molar-refractivity contribution in [2.75, 3.05) is 47.5 Å². The minimum absolute atomic E-state index is 0.0294. The molecule has 0 aromatic carbocycles. The van der Waals surface area contributed by atoms with Crippen molar-refractivity contribution in [1.29, 1.82) is 0 Å². The maximum atomic E-state index is 12.9. The minimum atomic E-state index is -4.64. The van der Waals surface area contributed by atoms with Crippen molar-refractivity contribution < 1.29 is 42.1 Å². The van der Waals surface area contributed by atoms with Gasteiger partial charge >= 0.3 is 11.9 Å². The maximum Gasteiger partial charge on any atom is 0.306 e. The molecule has 9 nitrogen and oxygen atoms in total. The molecular formula is C82H150NO8P. The lowest BCUT2D eigenvalue weighted by atomic mass is 10.0. The van der Waals surface area contributed by atoms with Crippen molar-refractivity contribution >= 4 is 19.8 Å². The van der Waals surface area contributed by atoms with E-state index in [1.54, 1.807) is 0 Å². The number of unbranched alkanes of at least 4 members (excludes halogenated alkanes) is 45. The van der Waals surface area contributed by atoms with Crippen LogP contribution in [0.4, 0.5) is 0 Å². The Hall–Kier alpha value is -2.81. The van der Waals surface area contributed by atoms with Gasteiger partial charge in [-0.2, -0.15) is 0 Å². The van der Waals surface area contributed by atoms with Gasteiger partial charge in [0, 0.05) is 12.8 Å².